The number of amides is 2. The number of halogens is 2. The summed E-state index contributed by atoms with van der Waals surface area (Å²) >= 11 is 6.13. The highest BCUT2D eigenvalue weighted by Gasteiger charge is 2.49. The van der Waals surface area contributed by atoms with Crippen LogP contribution in [0.5, 0.6) is 0 Å². The summed E-state index contributed by atoms with van der Waals surface area (Å²) in [6.45, 7) is 0.144. The molecule has 0 bridgehead atoms. The van der Waals surface area contributed by atoms with E-state index in [0.29, 0.717) is 11.0 Å². The van der Waals surface area contributed by atoms with Crippen LogP contribution in [0, 0.1) is 0 Å². The van der Waals surface area contributed by atoms with Crippen LogP contribution in [0.3, 0.4) is 0 Å². The lowest BCUT2D eigenvalue weighted by atomic mass is 9.86. The normalized spacial score (nSPS) is 14.9. The van der Waals surface area contributed by atoms with Crippen LogP contribution in [-0.2, 0) is 19.6 Å². The summed E-state index contributed by atoms with van der Waals surface area (Å²) in [6.07, 6.45) is 6.45. The molecule has 3 heterocycles. The number of pyridine rings is 1. The van der Waals surface area contributed by atoms with Gasteiger partial charge in [-0.1, -0.05) is 23.7 Å². The number of carbonyl (C=O) groups excluding carboxylic acids is 2. The largest absolute Gasteiger partial charge is 0.349 e. The molecule has 1 aliphatic heterocycles. The average molecular weight is 673 g/mol. The van der Waals surface area contributed by atoms with E-state index in [1.54, 1.807) is 89.4 Å². The molecule has 5 rings (SSSR count). The minimum Gasteiger partial charge on any atom is -0.349 e. The number of nitrogens with zero attached hydrogens (tertiary/aromatic N) is 7. The molecule has 11 nitrogen and oxygen atoms in total. The van der Waals surface area contributed by atoms with E-state index < -0.39 is 15.6 Å². The van der Waals surface area contributed by atoms with E-state index >= 15 is 0 Å². The second kappa shape index (κ2) is 13.7. The van der Waals surface area contributed by atoms with Gasteiger partial charge in [0.05, 0.1) is 23.3 Å². The van der Waals surface area contributed by atoms with E-state index in [1.807, 2.05) is 17.0 Å². The maximum Gasteiger partial charge on any atom is 0.243 e. The maximum atomic E-state index is 14.1. The molecule has 1 fully saturated rings. The van der Waals surface area contributed by atoms with Gasteiger partial charge in [0.15, 0.2) is 0 Å². The van der Waals surface area contributed by atoms with Crippen molar-refractivity contribution in [1.29, 1.82) is 0 Å². The fraction of sp³-hybridized carbons (Fsp3) is 0.323. The van der Waals surface area contributed by atoms with E-state index in [0.717, 1.165) is 21.9 Å². The third-order valence-corrected chi connectivity index (χ3v) is 9.96. The van der Waals surface area contributed by atoms with Crippen LogP contribution in [0.25, 0.3) is 21.9 Å². The number of fused-ring (bicyclic) bond motifs is 1. The molecule has 0 aliphatic carbocycles. The van der Waals surface area contributed by atoms with E-state index in [2.05, 4.69) is 15.0 Å². The van der Waals surface area contributed by atoms with Crippen molar-refractivity contribution in [3.8, 4) is 11.1 Å². The smallest absolute Gasteiger partial charge is 0.243 e. The van der Waals surface area contributed by atoms with E-state index in [4.69, 9.17) is 11.6 Å². The molecule has 0 saturated carbocycles. The average Bonchev–Trinajstić information content (AvgIpc) is 3.01. The van der Waals surface area contributed by atoms with E-state index in [1.165, 1.54) is 14.1 Å². The van der Waals surface area contributed by atoms with Crippen molar-refractivity contribution in [3.05, 3.63) is 78.3 Å². The Kier molecular flexibility index (Phi) is 10.3. The minimum absolute atomic E-state index is 0. The van der Waals surface area contributed by atoms with Crippen LogP contribution in [0.15, 0.2) is 78.2 Å². The third kappa shape index (κ3) is 7.19. The van der Waals surface area contributed by atoms with Crippen LogP contribution in [0.1, 0.15) is 12.8 Å². The predicted molar refractivity (Wildman–Crippen MR) is 177 cm³/mol. The van der Waals surface area contributed by atoms with Gasteiger partial charge in [-0.05, 0) is 52.7 Å². The van der Waals surface area contributed by atoms with Gasteiger partial charge in [0, 0.05) is 83.2 Å². The quantitative estimate of drug-likeness (QED) is 0.276. The Balaban J connectivity index is 0.00000461. The monoisotopic (exact) mass is 671 g/mol. The molecule has 2 amide bonds. The molecule has 238 valence electrons. The van der Waals surface area contributed by atoms with Gasteiger partial charge in [-0.3, -0.25) is 14.6 Å². The van der Waals surface area contributed by atoms with Crippen molar-refractivity contribution in [3.63, 3.8) is 0 Å². The van der Waals surface area contributed by atoms with Gasteiger partial charge >= 0.3 is 0 Å². The number of benzene rings is 2. The van der Waals surface area contributed by atoms with E-state index in [-0.39, 0.29) is 61.6 Å². The molecular weight excluding hydrogens is 637 g/mol. The lowest BCUT2D eigenvalue weighted by Crippen LogP contribution is -2.66. The van der Waals surface area contributed by atoms with Gasteiger partial charge in [0.1, 0.15) is 0 Å². The Morgan fingerprint density at radius 3 is 2.02 bits per heavy atom. The second-order valence-corrected chi connectivity index (χ2v) is 13.7. The standard InChI is InChI=1S/C31H34ClN7O4S.ClH/c1-36(2)28(40)17-31(18-29(41)37(3)4)21-38(44(42,43)27-8-6-23-15-26(32)7-5-24(23)16-27)13-14-39(31)30-34-19-25(20-35-30)22-9-11-33-12-10-22;/h5-12,15-16,19-20H,13-14,17-18,21H2,1-4H3;1H. The SMILES string of the molecule is CN(C)C(=O)CC1(CC(=O)N(C)C)CN(S(=O)(=O)c2ccc3cc(Cl)ccc3c2)CCN1c1ncc(-c2ccncc2)cn1.Cl. The van der Waals surface area contributed by atoms with Gasteiger partial charge < -0.3 is 14.7 Å². The first-order valence-electron chi connectivity index (χ1n) is 14.0. The fourth-order valence-electron chi connectivity index (χ4n) is 5.36. The fourth-order valence-corrected chi connectivity index (χ4v) is 7.09. The first-order valence-corrected chi connectivity index (χ1v) is 15.8. The van der Waals surface area contributed by atoms with E-state index in [9.17, 15) is 18.0 Å². The number of piperazine rings is 1. The summed E-state index contributed by atoms with van der Waals surface area (Å²) in [6, 6.07) is 13.8. The zero-order valence-corrected chi connectivity index (χ0v) is 27.8. The summed E-state index contributed by atoms with van der Waals surface area (Å²) in [7, 11) is 2.51. The molecule has 0 unspecified atom stereocenters. The Morgan fingerprint density at radius 2 is 1.42 bits per heavy atom. The van der Waals surface area contributed by atoms with Gasteiger partial charge in [0.2, 0.25) is 27.8 Å². The van der Waals surface area contributed by atoms with Crippen molar-refractivity contribution < 1.29 is 18.0 Å². The van der Waals surface area contributed by atoms with Crippen LogP contribution in [0.4, 0.5) is 5.95 Å². The Bertz CT molecular complexity index is 1770. The molecule has 0 spiro atoms. The molecule has 4 aromatic rings. The summed E-state index contributed by atoms with van der Waals surface area (Å²) in [5.74, 6) is -0.200. The number of rotatable bonds is 8. The molecular formula is C31H35Cl2N7O4S. The van der Waals surface area contributed by atoms with Crippen molar-refractivity contribution in [2.24, 2.45) is 0 Å². The molecule has 2 aromatic carbocycles. The molecule has 1 aliphatic rings. The lowest BCUT2D eigenvalue weighted by molar-refractivity contribution is -0.133. The maximum absolute atomic E-state index is 14.1. The summed E-state index contributed by atoms with van der Waals surface area (Å²) < 4.78 is 29.6. The zero-order valence-electron chi connectivity index (χ0n) is 25.4. The first-order chi connectivity index (χ1) is 20.9. The van der Waals surface area contributed by atoms with Crippen molar-refractivity contribution in [2.75, 3.05) is 52.7 Å². The molecule has 1 saturated heterocycles. The second-order valence-electron chi connectivity index (χ2n) is 11.3. The summed E-state index contributed by atoms with van der Waals surface area (Å²) in [4.78, 5) is 44.8. The number of aromatic nitrogens is 3. The highest BCUT2D eigenvalue weighted by molar-refractivity contribution is 7.89. The molecule has 0 atom stereocenters. The highest BCUT2D eigenvalue weighted by atomic mass is 35.5. The molecule has 45 heavy (non-hydrogen) atoms. The molecule has 2 aromatic heterocycles. The van der Waals surface area contributed by atoms with Crippen molar-refractivity contribution >= 4 is 62.6 Å². The summed E-state index contributed by atoms with van der Waals surface area (Å²) in [5.41, 5.74) is 0.391. The van der Waals surface area contributed by atoms with Gasteiger partial charge in [-0.25, -0.2) is 18.4 Å². The number of anilines is 1. The first kappa shape index (κ1) is 34.0. The number of carbonyl (C=O) groups is 2. The number of hydrogen-bond donors (Lipinski definition) is 0. The highest BCUT2D eigenvalue weighted by Crippen LogP contribution is 2.36. The van der Waals surface area contributed by atoms with Gasteiger partial charge in [0.25, 0.3) is 0 Å². The molecule has 14 heteroatoms. The topological polar surface area (TPSA) is 120 Å². The minimum atomic E-state index is -4.02. The van der Waals surface area contributed by atoms with Gasteiger partial charge in [-0.15, -0.1) is 12.4 Å². The Morgan fingerprint density at radius 1 is 0.844 bits per heavy atom. The molecule has 0 radical (unpaired) electrons. The lowest BCUT2D eigenvalue weighted by Gasteiger charge is -2.50. The van der Waals surface area contributed by atoms with Crippen LogP contribution in [-0.4, -0.2) is 103 Å². The van der Waals surface area contributed by atoms with Crippen LogP contribution < -0.4 is 4.90 Å². The van der Waals surface area contributed by atoms with Crippen LogP contribution >= 0.6 is 24.0 Å². The Labute approximate surface area is 274 Å². The van der Waals surface area contributed by atoms with Crippen molar-refractivity contribution in [1.82, 2.24) is 29.1 Å². The zero-order chi connectivity index (χ0) is 31.6. The molecule has 0 N–H and O–H groups in total. The number of hydrogen-bond acceptors (Lipinski definition) is 8. The predicted octanol–water partition coefficient (Wildman–Crippen LogP) is 3.97. The Hall–Kier alpha value is -3.84. The third-order valence-electron chi connectivity index (χ3n) is 7.88. The van der Waals surface area contributed by atoms with Crippen LogP contribution in [0.2, 0.25) is 5.02 Å². The van der Waals surface area contributed by atoms with Crippen molar-refractivity contribution in [2.45, 2.75) is 23.3 Å². The summed E-state index contributed by atoms with van der Waals surface area (Å²) in [5, 5.41) is 2.10. The number of sulfonamides is 1. The van der Waals surface area contributed by atoms with Gasteiger partial charge in [-0.2, -0.15) is 4.31 Å².